The summed E-state index contributed by atoms with van der Waals surface area (Å²) in [7, 11) is -4.28. The van der Waals surface area contributed by atoms with Gasteiger partial charge in [-0.2, -0.15) is 8.42 Å². The van der Waals surface area contributed by atoms with Gasteiger partial charge in [-0.05, 0) is 23.3 Å². The molecule has 0 atom stereocenters. The first-order chi connectivity index (χ1) is 13.5. The predicted octanol–water partition coefficient (Wildman–Crippen LogP) is 3.62. The third kappa shape index (κ3) is 2.12. The highest BCUT2D eigenvalue weighted by Gasteiger charge is 2.61. The SMILES string of the molecule is O=C1OC2=C(C1(c1ccccc1)c1ccccc1)S(=O)(=O)Oc1ccccc12. The molecule has 0 radical (unpaired) electrons. The Morgan fingerprint density at radius 1 is 0.714 bits per heavy atom. The minimum atomic E-state index is -4.28. The van der Waals surface area contributed by atoms with E-state index in [1.807, 2.05) is 0 Å². The molecule has 138 valence electrons. The summed E-state index contributed by atoms with van der Waals surface area (Å²) in [6.07, 6.45) is 0. The monoisotopic (exact) mass is 390 g/mol. The summed E-state index contributed by atoms with van der Waals surface area (Å²) in [5, 5.41) is 0. The zero-order valence-corrected chi connectivity index (χ0v) is 15.3. The van der Waals surface area contributed by atoms with Crippen LogP contribution in [-0.2, 0) is 25.1 Å². The van der Waals surface area contributed by atoms with Crippen LogP contribution in [0.15, 0.2) is 89.8 Å². The van der Waals surface area contributed by atoms with Gasteiger partial charge in [-0.3, -0.25) is 0 Å². The summed E-state index contributed by atoms with van der Waals surface area (Å²) >= 11 is 0. The summed E-state index contributed by atoms with van der Waals surface area (Å²) in [4.78, 5) is 13.2. The molecule has 5 nitrogen and oxygen atoms in total. The van der Waals surface area contributed by atoms with Crippen LogP contribution in [0.1, 0.15) is 16.7 Å². The third-order valence-electron chi connectivity index (χ3n) is 5.04. The second kappa shape index (κ2) is 5.81. The van der Waals surface area contributed by atoms with Gasteiger partial charge in [0, 0.05) is 0 Å². The van der Waals surface area contributed by atoms with Gasteiger partial charge in [0.15, 0.2) is 21.8 Å². The lowest BCUT2D eigenvalue weighted by molar-refractivity contribution is -0.138. The van der Waals surface area contributed by atoms with Gasteiger partial charge in [0.05, 0.1) is 5.56 Å². The molecule has 0 amide bonds. The number of carbonyl (C=O) groups excluding carboxylic acids is 1. The molecule has 28 heavy (non-hydrogen) atoms. The Balaban J connectivity index is 1.94. The van der Waals surface area contributed by atoms with Crippen LogP contribution in [0.25, 0.3) is 5.76 Å². The fraction of sp³-hybridized carbons (Fsp3) is 0.0455. The number of hydrogen-bond acceptors (Lipinski definition) is 5. The molecule has 0 aliphatic carbocycles. The number of para-hydroxylation sites is 1. The number of esters is 1. The highest BCUT2D eigenvalue weighted by atomic mass is 32.2. The van der Waals surface area contributed by atoms with E-state index in [-0.39, 0.29) is 16.4 Å². The molecular formula is C22H14O5S. The van der Waals surface area contributed by atoms with Crippen LogP contribution in [0.5, 0.6) is 5.75 Å². The molecule has 0 spiro atoms. The molecule has 3 aromatic rings. The van der Waals surface area contributed by atoms with Gasteiger partial charge in [0.2, 0.25) is 0 Å². The first-order valence-corrected chi connectivity index (χ1v) is 10.1. The van der Waals surface area contributed by atoms with Gasteiger partial charge >= 0.3 is 16.1 Å². The number of ether oxygens (including phenoxy) is 1. The molecule has 0 fully saturated rings. The van der Waals surface area contributed by atoms with Crippen molar-refractivity contribution in [2.24, 2.45) is 0 Å². The summed E-state index contributed by atoms with van der Waals surface area (Å²) < 4.78 is 37.4. The van der Waals surface area contributed by atoms with E-state index >= 15 is 0 Å². The van der Waals surface area contributed by atoms with Crippen LogP contribution in [0.4, 0.5) is 0 Å². The third-order valence-corrected chi connectivity index (χ3v) is 6.43. The number of carbonyl (C=O) groups is 1. The molecule has 0 aromatic heterocycles. The number of hydrogen-bond donors (Lipinski definition) is 0. The maximum absolute atomic E-state index is 13.4. The second-order valence-electron chi connectivity index (χ2n) is 6.56. The molecule has 5 rings (SSSR count). The van der Waals surface area contributed by atoms with Crippen LogP contribution in [0, 0.1) is 0 Å². The van der Waals surface area contributed by atoms with E-state index in [4.69, 9.17) is 8.92 Å². The highest BCUT2D eigenvalue weighted by Crippen LogP contribution is 2.54. The Kier molecular flexibility index (Phi) is 3.48. The zero-order valence-electron chi connectivity index (χ0n) is 14.5. The highest BCUT2D eigenvalue weighted by molar-refractivity contribution is 7.91. The largest absolute Gasteiger partial charge is 0.423 e. The van der Waals surface area contributed by atoms with Crippen molar-refractivity contribution in [3.63, 3.8) is 0 Å². The molecule has 3 aromatic carbocycles. The molecule has 6 heteroatoms. The van der Waals surface area contributed by atoms with Crippen LogP contribution >= 0.6 is 0 Å². The predicted molar refractivity (Wildman–Crippen MR) is 103 cm³/mol. The normalized spacial score (nSPS) is 18.6. The maximum atomic E-state index is 13.4. The number of fused-ring (bicyclic) bond motifs is 2. The summed E-state index contributed by atoms with van der Waals surface area (Å²) in [5.74, 6) is -0.496. The van der Waals surface area contributed by atoms with Crippen molar-refractivity contribution >= 4 is 21.8 Å². The van der Waals surface area contributed by atoms with Crippen molar-refractivity contribution in [3.05, 3.63) is 107 Å². The molecule has 0 unspecified atom stereocenters. The standard InChI is InChI=1S/C22H14O5S/c23-21-22(15-9-3-1-4-10-15,16-11-5-2-6-12-16)20-19(26-21)17-13-7-8-14-18(17)27-28(20,24)25/h1-14H. The fourth-order valence-electron chi connectivity index (χ4n) is 3.88. The first-order valence-electron chi connectivity index (χ1n) is 8.67. The smallest absolute Gasteiger partial charge is 0.340 e. The van der Waals surface area contributed by atoms with Crippen LogP contribution < -0.4 is 4.18 Å². The van der Waals surface area contributed by atoms with Gasteiger partial charge in [-0.25, -0.2) is 4.79 Å². The quantitative estimate of drug-likeness (QED) is 0.494. The Hall–Kier alpha value is -3.38. The minimum absolute atomic E-state index is 0.0274. The Bertz CT molecular complexity index is 1190. The molecule has 0 saturated carbocycles. The van der Waals surface area contributed by atoms with Crippen molar-refractivity contribution in [3.8, 4) is 5.75 Å². The van der Waals surface area contributed by atoms with Crippen LogP contribution in [0.2, 0.25) is 0 Å². The molecule has 0 saturated heterocycles. The lowest BCUT2D eigenvalue weighted by Gasteiger charge is -2.29. The lowest BCUT2D eigenvalue weighted by atomic mass is 9.74. The van der Waals surface area contributed by atoms with E-state index < -0.39 is 21.5 Å². The summed E-state index contributed by atoms with van der Waals surface area (Å²) in [5.41, 5.74) is -0.190. The zero-order chi connectivity index (χ0) is 19.4. The summed E-state index contributed by atoms with van der Waals surface area (Å²) in [6.45, 7) is 0. The molecule has 0 N–H and O–H groups in total. The van der Waals surface area contributed by atoms with Gasteiger partial charge in [0.25, 0.3) is 0 Å². The van der Waals surface area contributed by atoms with E-state index in [1.54, 1.807) is 78.9 Å². The summed E-state index contributed by atoms with van der Waals surface area (Å²) in [6, 6.07) is 24.2. The first kappa shape index (κ1) is 16.8. The van der Waals surface area contributed by atoms with E-state index in [2.05, 4.69) is 0 Å². The van der Waals surface area contributed by atoms with E-state index in [1.165, 1.54) is 6.07 Å². The minimum Gasteiger partial charge on any atom is -0.423 e. The lowest BCUT2D eigenvalue weighted by Crippen LogP contribution is -2.40. The van der Waals surface area contributed by atoms with Gasteiger partial charge in [-0.1, -0.05) is 72.8 Å². The van der Waals surface area contributed by atoms with Crippen molar-refractivity contribution in [1.82, 2.24) is 0 Å². The van der Waals surface area contributed by atoms with Crippen LogP contribution in [0.3, 0.4) is 0 Å². The number of rotatable bonds is 2. The Morgan fingerprint density at radius 3 is 1.86 bits per heavy atom. The van der Waals surface area contributed by atoms with Crippen LogP contribution in [-0.4, -0.2) is 14.4 Å². The second-order valence-corrected chi connectivity index (χ2v) is 8.05. The average Bonchev–Trinajstić information content (AvgIpc) is 3.04. The van der Waals surface area contributed by atoms with E-state index in [0.717, 1.165) is 0 Å². The average molecular weight is 390 g/mol. The molecule has 0 bridgehead atoms. The van der Waals surface area contributed by atoms with Crippen molar-refractivity contribution in [2.75, 3.05) is 0 Å². The molecule has 2 aliphatic heterocycles. The molecule has 2 heterocycles. The Morgan fingerprint density at radius 2 is 1.25 bits per heavy atom. The topological polar surface area (TPSA) is 69.7 Å². The Labute approximate surface area is 162 Å². The maximum Gasteiger partial charge on any atom is 0.340 e. The van der Waals surface area contributed by atoms with Gasteiger partial charge in [0.1, 0.15) is 0 Å². The van der Waals surface area contributed by atoms with Crippen molar-refractivity contribution in [2.45, 2.75) is 5.41 Å². The molecular weight excluding hydrogens is 376 g/mol. The number of benzene rings is 3. The van der Waals surface area contributed by atoms with Crippen molar-refractivity contribution < 1.29 is 22.1 Å². The molecule has 2 aliphatic rings. The van der Waals surface area contributed by atoms with Gasteiger partial charge < -0.3 is 8.92 Å². The fourth-order valence-corrected chi connectivity index (χ4v) is 5.42. The van der Waals surface area contributed by atoms with Crippen molar-refractivity contribution in [1.29, 1.82) is 0 Å². The van der Waals surface area contributed by atoms with Gasteiger partial charge in [-0.15, -0.1) is 0 Å². The van der Waals surface area contributed by atoms with E-state index in [0.29, 0.717) is 16.7 Å². The van der Waals surface area contributed by atoms with E-state index in [9.17, 15) is 13.2 Å².